The number of hydrogen-bond donors (Lipinski definition) is 2. The Bertz CT molecular complexity index is 59.5. The first kappa shape index (κ1) is 7.66. The smallest absolute Gasteiger partial charge is 0.0520 e. The zero-order valence-corrected chi connectivity index (χ0v) is 5.14. The highest BCUT2D eigenvalue weighted by Crippen LogP contribution is 1.94. The second-order valence-corrected chi connectivity index (χ2v) is 1.88. The Hall–Kier alpha value is -0.340. The van der Waals surface area contributed by atoms with Gasteiger partial charge in [-0.3, -0.25) is 0 Å². The standard InChI is InChI=1S/C6H14N2/c1-2-3-4-5-6(7)8/h2,6H,1,3-5,7-8H2. The molecule has 8 heavy (non-hydrogen) atoms. The van der Waals surface area contributed by atoms with Crippen LogP contribution in [0.15, 0.2) is 12.7 Å². The van der Waals surface area contributed by atoms with Gasteiger partial charge in [-0.1, -0.05) is 6.08 Å². The molecule has 0 amide bonds. The van der Waals surface area contributed by atoms with E-state index in [1.54, 1.807) is 0 Å². The summed E-state index contributed by atoms with van der Waals surface area (Å²) in [7, 11) is 0. The molecule has 0 spiro atoms. The number of rotatable bonds is 4. The van der Waals surface area contributed by atoms with Gasteiger partial charge in [-0.15, -0.1) is 6.58 Å². The quantitative estimate of drug-likeness (QED) is 0.319. The zero-order chi connectivity index (χ0) is 6.41. The van der Waals surface area contributed by atoms with Gasteiger partial charge in [0.2, 0.25) is 0 Å². The maximum atomic E-state index is 5.28. The fraction of sp³-hybridized carbons (Fsp3) is 0.667. The van der Waals surface area contributed by atoms with Crippen LogP contribution in [0.25, 0.3) is 0 Å². The summed E-state index contributed by atoms with van der Waals surface area (Å²) in [6, 6.07) is 0. The molecule has 0 aromatic carbocycles. The van der Waals surface area contributed by atoms with Crippen LogP contribution in [0, 0.1) is 0 Å². The first-order valence-corrected chi connectivity index (χ1v) is 2.89. The molecule has 0 saturated carbocycles. The van der Waals surface area contributed by atoms with Crippen LogP contribution in [-0.2, 0) is 0 Å². The van der Waals surface area contributed by atoms with Gasteiger partial charge in [-0.2, -0.15) is 0 Å². The van der Waals surface area contributed by atoms with Crippen molar-refractivity contribution in [3.8, 4) is 0 Å². The van der Waals surface area contributed by atoms with Crippen molar-refractivity contribution in [3.05, 3.63) is 12.7 Å². The Kier molecular flexibility index (Phi) is 4.61. The number of hydrogen-bond acceptors (Lipinski definition) is 2. The summed E-state index contributed by atoms with van der Waals surface area (Å²) in [6.07, 6.45) is 4.70. The number of nitrogens with two attached hydrogens (primary N) is 2. The molecule has 0 bridgehead atoms. The fourth-order valence-corrected chi connectivity index (χ4v) is 0.498. The van der Waals surface area contributed by atoms with Gasteiger partial charge < -0.3 is 11.5 Å². The molecule has 0 atom stereocenters. The predicted molar refractivity (Wildman–Crippen MR) is 36.2 cm³/mol. The van der Waals surface area contributed by atoms with E-state index in [1.807, 2.05) is 6.08 Å². The third-order valence-corrected chi connectivity index (χ3v) is 0.946. The summed E-state index contributed by atoms with van der Waals surface area (Å²) in [6.45, 7) is 3.58. The molecule has 0 unspecified atom stereocenters. The molecule has 0 aliphatic heterocycles. The van der Waals surface area contributed by atoms with E-state index >= 15 is 0 Å². The van der Waals surface area contributed by atoms with Crippen LogP contribution < -0.4 is 11.5 Å². The Labute approximate surface area is 50.6 Å². The van der Waals surface area contributed by atoms with Crippen molar-refractivity contribution in [3.63, 3.8) is 0 Å². The van der Waals surface area contributed by atoms with Crippen molar-refractivity contribution in [2.24, 2.45) is 11.5 Å². The van der Waals surface area contributed by atoms with E-state index in [0.29, 0.717) is 0 Å². The van der Waals surface area contributed by atoms with Gasteiger partial charge in [0, 0.05) is 0 Å². The second kappa shape index (κ2) is 4.81. The number of unbranched alkanes of at least 4 members (excludes halogenated alkanes) is 1. The van der Waals surface area contributed by atoms with Crippen molar-refractivity contribution < 1.29 is 0 Å². The zero-order valence-electron chi connectivity index (χ0n) is 5.14. The minimum absolute atomic E-state index is 0.144. The summed E-state index contributed by atoms with van der Waals surface area (Å²) in [5, 5.41) is 0. The molecule has 0 aromatic heterocycles. The van der Waals surface area contributed by atoms with Gasteiger partial charge in [-0.25, -0.2) is 0 Å². The minimum Gasteiger partial charge on any atom is -0.316 e. The van der Waals surface area contributed by atoms with E-state index in [0.717, 1.165) is 19.3 Å². The second-order valence-electron chi connectivity index (χ2n) is 1.88. The lowest BCUT2D eigenvalue weighted by Gasteiger charge is -2.00. The van der Waals surface area contributed by atoms with Crippen molar-refractivity contribution in [1.29, 1.82) is 0 Å². The van der Waals surface area contributed by atoms with Gasteiger partial charge in [0.15, 0.2) is 0 Å². The molecule has 0 heterocycles. The Morgan fingerprint density at radius 3 is 2.50 bits per heavy atom. The van der Waals surface area contributed by atoms with E-state index < -0.39 is 0 Å². The summed E-state index contributed by atoms with van der Waals surface area (Å²) in [5.41, 5.74) is 10.6. The normalized spacial score (nSPS) is 9.88. The molecular formula is C6H14N2. The Morgan fingerprint density at radius 2 is 2.12 bits per heavy atom. The molecule has 0 aromatic rings. The van der Waals surface area contributed by atoms with Crippen LogP contribution in [0.3, 0.4) is 0 Å². The van der Waals surface area contributed by atoms with Crippen LogP contribution in [0.4, 0.5) is 0 Å². The minimum atomic E-state index is -0.144. The summed E-state index contributed by atoms with van der Waals surface area (Å²) in [5.74, 6) is 0. The van der Waals surface area contributed by atoms with Crippen molar-refractivity contribution in [2.75, 3.05) is 0 Å². The van der Waals surface area contributed by atoms with Gasteiger partial charge in [0.25, 0.3) is 0 Å². The van der Waals surface area contributed by atoms with Gasteiger partial charge >= 0.3 is 0 Å². The lowest BCUT2D eigenvalue weighted by atomic mass is 10.2. The van der Waals surface area contributed by atoms with Crippen LogP contribution in [-0.4, -0.2) is 6.17 Å². The number of allylic oxidation sites excluding steroid dienone is 1. The first-order chi connectivity index (χ1) is 3.77. The van der Waals surface area contributed by atoms with Crippen LogP contribution >= 0.6 is 0 Å². The van der Waals surface area contributed by atoms with Crippen LogP contribution in [0.5, 0.6) is 0 Å². The van der Waals surface area contributed by atoms with E-state index in [-0.39, 0.29) is 6.17 Å². The molecule has 0 radical (unpaired) electrons. The van der Waals surface area contributed by atoms with Crippen molar-refractivity contribution in [1.82, 2.24) is 0 Å². The summed E-state index contributed by atoms with van der Waals surface area (Å²) in [4.78, 5) is 0. The first-order valence-electron chi connectivity index (χ1n) is 2.89. The molecule has 4 N–H and O–H groups in total. The Balaban J connectivity index is 2.81. The summed E-state index contributed by atoms with van der Waals surface area (Å²) >= 11 is 0. The highest BCUT2D eigenvalue weighted by Gasteiger charge is 1.89. The largest absolute Gasteiger partial charge is 0.316 e. The molecule has 2 nitrogen and oxygen atoms in total. The summed E-state index contributed by atoms with van der Waals surface area (Å²) < 4.78 is 0. The molecule has 0 aliphatic rings. The van der Waals surface area contributed by atoms with Crippen molar-refractivity contribution in [2.45, 2.75) is 25.4 Å². The lowest BCUT2D eigenvalue weighted by Crippen LogP contribution is -2.29. The predicted octanol–water partition coefficient (Wildman–Crippen LogP) is 0.586. The third-order valence-electron chi connectivity index (χ3n) is 0.946. The lowest BCUT2D eigenvalue weighted by molar-refractivity contribution is 0.608. The molecule has 2 heteroatoms. The maximum absolute atomic E-state index is 5.28. The highest BCUT2D eigenvalue weighted by atomic mass is 14.8. The maximum Gasteiger partial charge on any atom is 0.0520 e. The van der Waals surface area contributed by atoms with E-state index in [9.17, 15) is 0 Å². The molecule has 0 saturated heterocycles. The average Bonchev–Trinajstić information content (AvgIpc) is 1.66. The van der Waals surface area contributed by atoms with E-state index in [4.69, 9.17) is 11.5 Å². The average molecular weight is 114 g/mol. The van der Waals surface area contributed by atoms with Crippen LogP contribution in [0.2, 0.25) is 0 Å². The molecule has 0 aliphatic carbocycles. The van der Waals surface area contributed by atoms with Gasteiger partial charge in [-0.05, 0) is 19.3 Å². The van der Waals surface area contributed by atoms with Crippen LogP contribution in [0.1, 0.15) is 19.3 Å². The fourth-order valence-electron chi connectivity index (χ4n) is 0.498. The van der Waals surface area contributed by atoms with Gasteiger partial charge in [0.05, 0.1) is 6.17 Å². The third kappa shape index (κ3) is 5.66. The van der Waals surface area contributed by atoms with E-state index in [1.165, 1.54) is 0 Å². The highest BCUT2D eigenvalue weighted by molar-refractivity contribution is 4.66. The van der Waals surface area contributed by atoms with Crippen molar-refractivity contribution >= 4 is 0 Å². The SMILES string of the molecule is C=CCCCC(N)N. The molecule has 48 valence electrons. The monoisotopic (exact) mass is 114 g/mol. The molecule has 0 fully saturated rings. The van der Waals surface area contributed by atoms with Gasteiger partial charge in [0.1, 0.15) is 0 Å². The molecular weight excluding hydrogens is 100 g/mol. The molecule has 0 rings (SSSR count). The Morgan fingerprint density at radius 1 is 1.50 bits per heavy atom. The topological polar surface area (TPSA) is 52.0 Å². The van der Waals surface area contributed by atoms with E-state index in [2.05, 4.69) is 6.58 Å².